The second-order valence-corrected chi connectivity index (χ2v) is 8.20. The van der Waals surface area contributed by atoms with E-state index in [9.17, 15) is 9.90 Å². The predicted octanol–water partition coefficient (Wildman–Crippen LogP) is 1.53. The molecule has 2 saturated heterocycles. The van der Waals surface area contributed by atoms with Crippen LogP contribution in [0.1, 0.15) is 17.0 Å². The van der Waals surface area contributed by atoms with Gasteiger partial charge in [-0.15, -0.1) is 0 Å². The van der Waals surface area contributed by atoms with Crippen molar-refractivity contribution in [2.45, 2.75) is 19.9 Å². The van der Waals surface area contributed by atoms with Crippen LogP contribution in [-0.2, 0) is 17.8 Å². The van der Waals surface area contributed by atoms with Gasteiger partial charge in [0.1, 0.15) is 11.4 Å². The van der Waals surface area contributed by atoms with Crippen LogP contribution in [0.5, 0.6) is 0 Å². The van der Waals surface area contributed by atoms with Gasteiger partial charge in [-0.1, -0.05) is 34.0 Å². The van der Waals surface area contributed by atoms with E-state index in [4.69, 9.17) is 11.6 Å². The number of benzene rings is 1. The first-order valence-electron chi connectivity index (χ1n) is 9.12. The topological polar surface area (TPSA) is 82.7 Å². The average Bonchev–Trinajstić information content (AvgIpc) is 3.28. The molecule has 27 heavy (non-hydrogen) atoms. The first kappa shape index (κ1) is 18.4. The van der Waals surface area contributed by atoms with Gasteiger partial charge >= 0.3 is 0 Å². The molecule has 1 N–H and O–H groups in total. The highest BCUT2D eigenvalue weighted by molar-refractivity contribution is 6.30. The van der Waals surface area contributed by atoms with Crippen LogP contribution in [-0.4, -0.2) is 63.9 Å². The maximum atomic E-state index is 12.7. The normalized spacial score (nSPS) is 25.1. The van der Waals surface area contributed by atoms with Gasteiger partial charge in [-0.05, 0) is 30.5 Å². The molecule has 2 aromatic rings. The van der Waals surface area contributed by atoms with Crippen LogP contribution in [0.3, 0.4) is 0 Å². The zero-order valence-corrected chi connectivity index (χ0v) is 16.0. The number of hydrogen-bond donors (Lipinski definition) is 1. The largest absolute Gasteiger partial charge is 0.396 e. The van der Waals surface area contributed by atoms with Crippen LogP contribution in [0.4, 0.5) is 0 Å². The molecule has 2 atom stereocenters. The maximum absolute atomic E-state index is 12.7. The lowest BCUT2D eigenvalue weighted by Crippen LogP contribution is -2.39. The zero-order valence-electron chi connectivity index (χ0n) is 15.3. The van der Waals surface area contributed by atoms with Crippen LogP contribution in [0, 0.1) is 18.3 Å². The van der Waals surface area contributed by atoms with E-state index in [0.717, 1.165) is 30.2 Å². The van der Waals surface area contributed by atoms with Gasteiger partial charge in [-0.3, -0.25) is 9.69 Å². The zero-order chi connectivity index (χ0) is 19.0. The first-order valence-corrected chi connectivity index (χ1v) is 9.50. The van der Waals surface area contributed by atoms with Crippen molar-refractivity contribution in [3.8, 4) is 0 Å². The van der Waals surface area contributed by atoms with Gasteiger partial charge < -0.3 is 10.0 Å². The summed E-state index contributed by atoms with van der Waals surface area (Å²) in [5, 5.41) is 18.4. The third-order valence-corrected chi connectivity index (χ3v) is 6.09. The summed E-state index contributed by atoms with van der Waals surface area (Å²) in [6.45, 7) is 5.53. The fourth-order valence-corrected chi connectivity index (χ4v) is 4.60. The third-order valence-electron chi connectivity index (χ3n) is 5.86. The molecule has 8 heteroatoms. The average molecular weight is 391 g/mol. The second-order valence-electron chi connectivity index (χ2n) is 7.76. The molecule has 0 bridgehead atoms. The van der Waals surface area contributed by atoms with Crippen LogP contribution in [0.25, 0.3) is 0 Å². The Balaban J connectivity index is 1.40. The monoisotopic (exact) mass is 390 g/mol. The molecule has 1 amide bonds. The number of carbonyl (C=O) groups is 1. The van der Waals surface area contributed by atoms with E-state index < -0.39 is 0 Å². The Hall–Kier alpha value is -1.96. The molecule has 0 spiro atoms. The van der Waals surface area contributed by atoms with Gasteiger partial charge in [0.2, 0.25) is 5.91 Å². The van der Waals surface area contributed by atoms with Gasteiger partial charge in [0.05, 0.1) is 13.0 Å². The fraction of sp³-hybridized carbons (Fsp3) is 0.526. The van der Waals surface area contributed by atoms with Crippen molar-refractivity contribution in [2.24, 2.45) is 11.3 Å². The quantitative estimate of drug-likeness (QED) is 0.833. The molecule has 144 valence electrons. The summed E-state index contributed by atoms with van der Waals surface area (Å²) < 4.78 is 4.68. The van der Waals surface area contributed by atoms with Crippen LogP contribution in [0.15, 0.2) is 28.9 Å². The standard InChI is InChI=1S/C19H23ClN4O3/c1-13-17(22-27-21-13)6-18(26)24-9-15-8-23(10-19(15,11-24)12-25)7-14-3-2-4-16(20)5-14/h2-5,15,25H,6-12H2,1H3. The van der Waals surface area contributed by atoms with Crippen molar-refractivity contribution < 1.29 is 14.5 Å². The lowest BCUT2D eigenvalue weighted by Gasteiger charge is -2.27. The van der Waals surface area contributed by atoms with Crippen LogP contribution in [0.2, 0.25) is 5.02 Å². The summed E-state index contributed by atoms with van der Waals surface area (Å²) in [6, 6.07) is 7.87. The Labute approximate surface area is 162 Å². The van der Waals surface area contributed by atoms with Crippen molar-refractivity contribution in [3.63, 3.8) is 0 Å². The van der Waals surface area contributed by atoms with Gasteiger partial charge in [0.25, 0.3) is 0 Å². The maximum Gasteiger partial charge on any atom is 0.228 e. The number of amides is 1. The minimum absolute atomic E-state index is 0.0115. The van der Waals surface area contributed by atoms with E-state index in [-0.39, 0.29) is 30.3 Å². The Morgan fingerprint density at radius 1 is 1.37 bits per heavy atom. The summed E-state index contributed by atoms with van der Waals surface area (Å²) >= 11 is 6.09. The Bertz CT molecular complexity index is 842. The second kappa shape index (κ2) is 7.22. The molecule has 3 heterocycles. The smallest absolute Gasteiger partial charge is 0.228 e. The number of likely N-dealkylation sites (tertiary alicyclic amines) is 2. The van der Waals surface area contributed by atoms with E-state index in [1.54, 1.807) is 6.92 Å². The summed E-state index contributed by atoms with van der Waals surface area (Å²) in [6.07, 6.45) is 0.190. The van der Waals surface area contributed by atoms with Crippen LogP contribution >= 0.6 is 11.6 Å². The molecular weight excluding hydrogens is 368 g/mol. The number of aliphatic hydroxyl groups excluding tert-OH is 1. The van der Waals surface area contributed by atoms with Crippen LogP contribution < -0.4 is 0 Å². The summed E-state index contributed by atoms with van der Waals surface area (Å²) in [7, 11) is 0. The molecule has 1 aromatic carbocycles. The number of hydrogen-bond acceptors (Lipinski definition) is 6. The van der Waals surface area contributed by atoms with E-state index in [0.29, 0.717) is 24.5 Å². The molecule has 2 aliphatic rings. The molecular formula is C19H23ClN4O3. The number of aromatic nitrogens is 2. The fourth-order valence-electron chi connectivity index (χ4n) is 4.38. The molecule has 2 unspecified atom stereocenters. The SMILES string of the molecule is Cc1nonc1CC(=O)N1CC2CN(Cc3cccc(Cl)c3)CC2(CO)C1. The molecule has 2 fully saturated rings. The first-order chi connectivity index (χ1) is 13.0. The van der Waals surface area contributed by atoms with Crippen molar-refractivity contribution >= 4 is 17.5 Å². The molecule has 0 aliphatic carbocycles. The summed E-state index contributed by atoms with van der Waals surface area (Å²) in [5.74, 6) is 0.277. The van der Waals surface area contributed by atoms with E-state index in [1.807, 2.05) is 23.1 Å². The van der Waals surface area contributed by atoms with E-state index >= 15 is 0 Å². The minimum Gasteiger partial charge on any atom is -0.396 e. The highest BCUT2D eigenvalue weighted by atomic mass is 35.5. The Morgan fingerprint density at radius 2 is 2.22 bits per heavy atom. The minimum atomic E-state index is -0.259. The molecule has 7 nitrogen and oxygen atoms in total. The number of rotatable bonds is 5. The number of aliphatic hydroxyl groups is 1. The van der Waals surface area contributed by atoms with Gasteiger partial charge in [-0.25, -0.2) is 4.63 Å². The van der Waals surface area contributed by atoms with Crippen molar-refractivity contribution in [1.82, 2.24) is 20.1 Å². The lowest BCUT2D eigenvalue weighted by atomic mass is 9.82. The number of carbonyl (C=O) groups excluding carboxylic acids is 1. The summed E-state index contributed by atoms with van der Waals surface area (Å²) in [5.41, 5.74) is 2.13. The lowest BCUT2D eigenvalue weighted by molar-refractivity contribution is -0.130. The molecule has 2 aliphatic heterocycles. The number of nitrogens with zero attached hydrogens (tertiary/aromatic N) is 4. The molecule has 4 rings (SSSR count). The van der Waals surface area contributed by atoms with Gasteiger partial charge in [0, 0.05) is 43.2 Å². The number of fused-ring (bicyclic) bond motifs is 1. The Morgan fingerprint density at radius 3 is 2.89 bits per heavy atom. The number of aryl methyl sites for hydroxylation is 1. The number of halogens is 1. The van der Waals surface area contributed by atoms with Crippen molar-refractivity contribution in [3.05, 3.63) is 46.2 Å². The predicted molar refractivity (Wildman–Crippen MR) is 99.1 cm³/mol. The van der Waals surface area contributed by atoms with E-state index in [1.165, 1.54) is 0 Å². The van der Waals surface area contributed by atoms with Crippen molar-refractivity contribution in [2.75, 3.05) is 32.8 Å². The van der Waals surface area contributed by atoms with Gasteiger partial charge in [0.15, 0.2) is 0 Å². The molecule has 0 saturated carbocycles. The summed E-state index contributed by atoms with van der Waals surface area (Å²) in [4.78, 5) is 16.9. The molecule has 1 aromatic heterocycles. The highest BCUT2D eigenvalue weighted by Gasteiger charge is 2.52. The third kappa shape index (κ3) is 3.59. The Kier molecular flexibility index (Phi) is 4.92. The highest BCUT2D eigenvalue weighted by Crippen LogP contribution is 2.42. The van der Waals surface area contributed by atoms with Crippen molar-refractivity contribution in [1.29, 1.82) is 0 Å². The van der Waals surface area contributed by atoms with Gasteiger partial charge in [-0.2, -0.15) is 0 Å². The molecule has 0 radical (unpaired) electrons. The van der Waals surface area contributed by atoms with E-state index in [2.05, 4.69) is 25.9 Å².